The standard InChI is InChI=1S/C14H19NO2/c1-3-10(2)15-9-8-11-6-4-5-7-12(11)13(15)14(16)17/h4-7,10,13H,3,8-9H2,1-2H3,(H,16,17). The molecule has 0 aromatic heterocycles. The number of rotatable bonds is 3. The van der Waals surface area contributed by atoms with Gasteiger partial charge in [0.15, 0.2) is 0 Å². The lowest BCUT2D eigenvalue weighted by molar-refractivity contribution is -0.145. The summed E-state index contributed by atoms with van der Waals surface area (Å²) in [4.78, 5) is 13.6. The topological polar surface area (TPSA) is 40.5 Å². The molecule has 92 valence electrons. The fourth-order valence-corrected chi connectivity index (χ4v) is 2.57. The number of hydrogen-bond donors (Lipinski definition) is 1. The average molecular weight is 233 g/mol. The number of carboxylic acid groups (broad SMARTS) is 1. The first-order valence-electron chi connectivity index (χ1n) is 6.21. The second-order valence-electron chi connectivity index (χ2n) is 4.68. The van der Waals surface area contributed by atoms with Gasteiger partial charge in [-0.1, -0.05) is 31.2 Å². The van der Waals surface area contributed by atoms with Crippen LogP contribution >= 0.6 is 0 Å². The Balaban J connectivity index is 2.39. The summed E-state index contributed by atoms with van der Waals surface area (Å²) in [5.41, 5.74) is 2.14. The molecule has 1 heterocycles. The van der Waals surface area contributed by atoms with Gasteiger partial charge in [0.25, 0.3) is 0 Å². The van der Waals surface area contributed by atoms with Crippen LogP contribution in [0, 0.1) is 0 Å². The summed E-state index contributed by atoms with van der Waals surface area (Å²) in [6, 6.07) is 7.73. The highest BCUT2D eigenvalue weighted by atomic mass is 16.4. The van der Waals surface area contributed by atoms with Crippen molar-refractivity contribution in [3.8, 4) is 0 Å². The molecule has 17 heavy (non-hydrogen) atoms. The van der Waals surface area contributed by atoms with Crippen LogP contribution in [-0.2, 0) is 11.2 Å². The van der Waals surface area contributed by atoms with Gasteiger partial charge in [0, 0.05) is 12.6 Å². The molecule has 1 aliphatic rings. The Bertz CT molecular complexity index is 416. The van der Waals surface area contributed by atoms with Gasteiger partial charge in [0.05, 0.1) is 0 Å². The van der Waals surface area contributed by atoms with E-state index in [2.05, 4.69) is 18.7 Å². The van der Waals surface area contributed by atoms with Crippen LogP contribution in [-0.4, -0.2) is 28.6 Å². The first-order valence-corrected chi connectivity index (χ1v) is 6.21. The quantitative estimate of drug-likeness (QED) is 0.872. The van der Waals surface area contributed by atoms with Crippen molar-refractivity contribution in [2.75, 3.05) is 6.54 Å². The highest BCUT2D eigenvalue weighted by molar-refractivity contribution is 5.76. The number of carbonyl (C=O) groups is 1. The molecule has 0 radical (unpaired) electrons. The lowest BCUT2D eigenvalue weighted by Gasteiger charge is -2.38. The zero-order chi connectivity index (χ0) is 12.4. The Morgan fingerprint density at radius 1 is 1.53 bits per heavy atom. The van der Waals surface area contributed by atoms with Crippen molar-refractivity contribution in [3.05, 3.63) is 35.4 Å². The summed E-state index contributed by atoms with van der Waals surface area (Å²) < 4.78 is 0. The van der Waals surface area contributed by atoms with E-state index in [9.17, 15) is 9.90 Å². The Labute approximate surface area is 102 Å². The van der Waals surface area contributed by atoms with Crippen molar-refractivity contribution in [1.29, 1.82) is 0 Å². The summed E-state index contributed by atoms with van der Waals surface area (Å²) in [6.45, 7) is 5.04. The summed E-state index contributed by atoms with van der Waals surface area (Å²) in [5, 5.41) is 9.46. The monoisotopic (exact) mass is 233 g/mol. The van der Waals surface area contributed by atoms with Crippen molar-refractivity contribution in [1.82, 2.24) is 4.90 Å². The van der Waals surface area contributed by atoms with Crippen LogP contribution in [0.15, 0.2) is 24.3 Å². The fourth-order valence-electron chi connectivity index (χ4n) is 2.57. The van der Waals surface area contributed by atoms with Gasteiger partial charge >= 0.3 is 5.97 Å². The number of nitrogens with zero attached hydrogens (tertiary/aromatic N) is 1. The van der Waals surface area contributed by atoms with Gasteiger partial charge in [0.1, 0.15) is 6.04 Å². The molecule has 2 unspecified atom stereocenters. The Kier molecular flexibility index (Phi) is 3.48. The van der Waals surface area contributed by atoms with E-state index in [4.69, 9.17) is 0 Å². The smallest absolute Gasteiger partial charge is 0.325 e. The van der Waals surface area contributed by atoms with E-state index in [1.807, 2.05) is 24.3 Å². The predicted molar refractivity (Wildman–Crippen MR) is 67.0 cm³/mol. The normalized spacial score (nSPS) is 21.9. The third kappa shape index (κ3) is 2.20. The number of benzene rings is 1. The minimum Gasteiger partial charge on any atom is -0.480 e. The average Bonchev–Trinajstić information content (AvgIpc) is 2.36. The zero-order valence-corrected chi connectivity index (χ0v) is 10.4. The van der Waals surface area contributed by atoms with E-state index < -0.39 is 12.0 Å². The molecule has 0 saturated carbocycles. The molecule has 0 spiro atoms. The molecule has 0 aliphatic carbocycles. The lowest BCUT2D eigenvalue weighted by atomic mass is 9.91. The molecular weight excluding hydrogens is 214 g/mol. The van der Waals surface area contributed by atoms with Crippen LogP contribution in [0.1, 0.15) is 37.4 Å². The highest BCUT2D eigenvalue weighted by Gasteiger charge is 2.34. The molecule has 1 aromatic rings. The van der Waals surface area contributed by atoms with E-state index >= 15 is 0 Å². The molecule has 0 amide bonds. The van der Waals surface area contributed by atoms with Gasteiger partial charge in [-0.2, -0.15) is 0 Å². The van der Waals surface area contributed by atoms with Crippen LogP contribution in [0.5, 0.6) is 0 Å². The van der Waals surface area contributed by atoms with Crippen LogP contribution in [0.3, 0.4) is 0 Å². The molecule has 2 atom stereocenters. The third-order valence-corrected chi connectivity index (χ3v) is 3.71. The van der Waals surface area contributed by atoms with Crippen molar-refractivity contribution in [2.45, 2.75) is 38.8 Å². The van der Waals surface area contributed by atoms with Gasteiger partial charge < -0.3 is 5.11 Å². The maximum atomic E-state index is 11.5. The Morgan fingerprint density at radius 2 is 2.24 bits per heavy atom. The van der Waals surface area contributed by atoms with E-state index in [0.29, 0.717) is 6.04 Å². The predicted octanol–water partition coefficient (Wildman–Crippen LogP) is 2.47. The molecule has 1 N–H and O–H groups in total. The SMILES string of the molecule is CCC(C)N1CCc2ccccc2C1C(=O)O. The van der Waals surface area contributed by atoms with E-state index in [1.54, 1.807) is 0 Å². The van der Waals surface area contributed by atoms with Gasteiger partial charge in [0.2, 0.25) is 0 Å². The molecule has 0 bridgehead atoms. The maximum Gasteiger partial charge on any atom is 0.325 e. The van der Waals surface area contributed by atoms with Crippen LogP contribution in [0.4, 0.5) is 0 Å². The van der Waals surface area contributed by atoms with Gasteiger partial charge in [-0.15, -0.1) is 0 Å². The number of fused-ring (bicyclic) bond motifs is 1. The first kappa shape index (κ1) is 12.1. The summed E-state index contributed by atoms with van der Waals surface area (Å²) in [5.74, 6) is -0.738. The molecular formula is C14H19NO2. The fraction of sp³-hybridized carbons (Fsp3) is 0.500. The van der Waals surface area contributed by atoms with Crippen molar-refractivity contribution < 1.29 is 9.90 Å². The van der Waals surface area contributed by atoms with Crippen molar-refractivity contribution >= 4 is 5.97 Å². The van der Waals surface area contributed by atoms with Crippen LogP contribution in [0.25, 0.3) is 0 Å². The van der Waals surface area contributed by atoms with Crippen LogP contribution < -0.4 is 0 Å². The van der Waals surface area contributed by atoms with Crippen molar-refractivity contribution in [3.63, 3.8) is 0 Å². The van der Waals surface area contributed by atoms with Gasteiger partial charge in [-0.3, -0.25) is 9.69 Å². The second-order valence-corrected chi connectivity index (χ2v) is 4.68. The van der Waals surface area contributed by atoms with Gasteiger partial charge in [-0.05, 0) is 30.9 Å². The van der Waals surface area contributed by atoms with Crippen molar-refractivity contribution in [2.24, 2.45) is 0 Å². The molecule has 1 aromatic carbocycles. The maximum absolute atomic E-state index is 11.5. The van der Waals surface area contributed by atoms with E-state index in [0.717, 1.165) is 24.9 Å². The van der Waals surface area contributed by atoms with E-state index in [-0.39, 0.29) is 0 Å². The Hall–Kier alpha value is -1.35. The minimum atomic E-state index is -0.738. The summed E-state index contributed by atoms with van der Waals surface area (Å²) in [7, 11) is 0. The van der Waals surface area contributed by atoms with Crippen LogP contribution in [0.2, 0.25) is 0 Å². The number of hydrogen-bond acceptors (Lipinski definition) is 2. The molecule has 0 fully saturated rings. The summed E-state index contributed by atoms with van der Waals surface area (Å²) in [6.07, 6.45) is 1.93. The Morgan fingerprint density at radius 3 is 2.88 bits per heavy atom. The number of carboxylic acids is 1. The lowest BCUT2D eigenvalue weighted by Crippen LogP contribution is -2.44. The molecule has 3 heteroatoms. The molecule has 2 rings (SSSR count). The molecule has 3 nitrogen and oxygen atoms in total. The third-order valence-electron chi connectivity index (χ3n) is 3.71. The first-order chi connectivity index (χ1) is 8.15. The molecule has 0 saturated heterocycles. The summed E-state index contributed by atoms with van der Waals surface area (Å²) >= 11 is 0. The molecule has 1 aliphatic heterocycles. The highest BCUT2D eigenvalue weighted by Crippen LogP contribution is 2.31. The largest absolute Gasteiger partial charge is 0.480 e. The minimum absolute atomic E-state index is 0.310. The zero-order valence-electron chi connectivity index (χ0n) is 10.4. The second kappa shape index (κ2) is 4.88. The van der Waals surface area contributed by atoms with Gasteiger partial charge in [-0.25, -0.2) is 0 Å². The number of aliphatic carboxylic acids is 1. The van der Waals surface area contributed by atoms with E-state index in [1.165, 1.54) is 5.56 Å².